The first-order valence-corrected chi connectivity index (χ1v) is 5.78. The van der Waals surface area contributed by atoms with E-state index in [0.717, 1.165) is 0 Å². The van der Waals surface area contributed by atoms with E-state index in [2.05, 4.69) is 15.6 Å². The van der Waals surface area contributed by atoms with Crippen molar-refractivity contribution in [2.75, 3.05) is 27.0 Å². The number of benzene rings is 1. The van der Waals surface area contributed by atoms with Crippen molar-refractivity contribution in [1.29, 1.82) is 0 Å². The van der Waals surface area contributed by atoms with E-state index in [4.69, 9.17) is 15.2 Å². The molecule has 0 saturated carbocycles. The number of nitrogens with two attached hydrogens (primary N) is 1. The second-order valence-electron chi connectivity index (χ2n) is 3.85. The van der Waals surface area contributed by atoms with Crippen LogP contribution < -0.4 is 20.5 Å². The van der Waals surface area contributed by atoms with Gasteiger partial charge in [-0.1, -0.05) is 5.21 Å². The lowest BCUT2D eigenvalue weighted by Crippen LogP contribution is -2.20. The largest absolute Gasteiger partial charge is 0.493 e. The predicted molar refractivity (Wildman–Crippen MR) is 72.3 cm³/mol. The predicted octanol–water partition coefficient (Wildman–Crippen LogP) is 0.226. The molecule has 8 nitrogen and oxygen atoms in total. The number of hydrogen-bond acceptors (Lipinski definition) is 6. The molecule has 0 spiro atoms. The van der Waals surface area contributed by atoms with Gasteiger partial charge in [-0.05, 0) is 12.1 Å². The number of anilines is 1. The Balaban J connectivity index is 2.47. The fraction of sp³-hybridized carbons (Fsp3) is 0.250. The molecule has 106 valence electrons. The molecule has 0 radical (unpaired) electrons. The maximum Gasteiger partial charge on any atom is 0.275 e. The van der Waals surface area contributed by atoms with Crippen molar-refractivity contribution in [2.24, 2.45) is 0 Å². The van der Waals surface area contributed by atoms with Crippen LogP contribution in [0.5, 0.6) is 11.5 Å². The smallest absolute Gasteiger partial charge is 0.275 e. The third kappa shape index (κ3) is 2.22. The highest BCUT2D eigenvalue weighted by molar-refractivity contribution is 5.96. The summed E-state index contributed by atoms with van der Waals surface area (Å²) >= 11 is 0. The van der Waals surface area contributed by atoms with Crippen LogP contribution >= 0.6 is 0 Å². The molecule has 2 aromatic rings. The first-order valence-electron chi connectivity index (χ1n) is 5.78. The summed E-state index contributed by atoms with van der Waals surface area (Å²) in [5.41, 5.74) is 6.56. The van der Waals surface area contributed by atoms with Crippen LogP contribution in [0.25, 0.3) is 5.69 Å². The molecule has 20 heavy (non-hydrogen) atoms. The second-order valence-corrected chi connectivity index (χ2v) is 3.85. The summed E-state index contributed by atoms with van der Waals surface area (Å²) < 4.78 is 11.7. The van der Waals surface area contributed by atoms with Crippen molar-refractivity contribution in [1.82, 2.24) is 20.3 Å². The number of hydrogen-bond donors (Lipinski definition) is 2. The van der Waals surface area contributed by atoms with Crippen molar-refractivity contribution in [3.8, 4) is 17.2 Å². The summed E-state index contributed by atoms with van der Waals surface area (Å²) in [5, 5.41) is 10.1. The summed E-state index contributed by atoms with van der Waals surface area (Å²) in [4.78, 5) is 11.6. The molecule has 0 fully saturated rings. The molecule has 3 N–H and O–H groups in total. The minimum Gasteiger partial charge on any atom is -0.493 e. The van der Waals surface area contributed by atoms with E-state index in [0.29, 0.717) is 17.2 Å². The molecule has 1 aromatic carbocycles. The van der Waals surface area contributed by atoms with Gasteiger partial charge in [0, 0.05) is 13.1 Å². The standard InChI is InChI=1S/C12H15N5O3/c1-14-12(18)10-11(13)17(16-15-10)7-4-5-8(19-2)9(6-7)20-3/h4-6H,13H2,1-3H3,(H,14,18). The highest BCUT2D eigenvalue weighted by Gasteiger charge is 2.17. The Bertz CT molecular complexity index is 638. The second kappa shape index (κ2) is 5.47. The van der Waals surface area contributed by atoms with Gasteiger partial charge in [0.15, 0.2) is 23.0 Å². The van der Waals surface area contributed by atoms with Crippen LogP contribution in [0.2, 0.25) is 0 Å². The summed E-state index contributed by atoms with van der Waals surface area (Å²) in [7, 11) is 4.57. The van der Waals surface area contributed by atoms with Gasteiger partial charge >= 0.3 is 0 Å². The molecule has 0 aliphatic heterocycles. The van der Waals surface area contributed by atoms with Gasteiger partial charge in [-0.2, -0.15) is 4.68 Å². The molecule has 1 amide bonds. The van der Waals surface area contributed by atoms with Gasteiger partial charge in [0.1, 0.15) is 0 Å². The number of carbonyl (C=O) groups is 1. The van der Waals surface area contributed by atoms with Crippen LogP contribution in [0, 0.1) is 0 Å². The zero-order valence-electron chi connectivity index (χ0n) is 11.4. The molecular weight excluding hydrogens is 262 g/mol. The molecule has 0 saturated heterocycles. The highest BCUT2D eigenvalue weighted by atomic mass is 16.5. The Morgan fingerprint density at radius 1 is 1.30 bits per heavy atom. The fourth-order valence-corrected chi connectivity index (χ4v) is 1.72. The molecule has 2 rings (SSSR count). The van der Waals surface area contributed by atoms with Gasteiger partial charge in [0.05, 0.1) is 19.9 Å². The zero-order valence-corrected chi connectivity index (χ0v) is 11.4. The average molecular weight is 277 g/mol. The maximum absolute atomic E-state index is 11.6. The van der Waals surface area contributed by atoms with Crippen molar-refractivity contribution in [2.45, 2.75) is 0 Å². The molecule has 1 aromatic heterocycles. The first kappa shape index (κ1) is 13.7. The third-order valence-corrected chi connectivity index (χ3v) is 2.76. The van der Waals surface area contributed by atoms with Gasteiger partial charge in [0.25, 0.3) is 5.91 Å². The number of amides is 1. The van der Waals surface area contributed by atoms with Gasteiger partial charge < -0.3 is 20.5 Å². The van der Waals surface area contributed by atoms with Crippen molar-refractivity contribution >= 4 is 11.7 Å². The van der Waals surface area contributed by atoms with Crippen LogP contribution in [0.4, 0.5) is 5.82 Å². The minimum atomic E-state index is -0.394. The quantitative estimate of drug-likeness (QED) is 0.828. The van der Waals surface area contributed by atoms with Gasteiger partial charge in [-0.15, -0.1) is 5.10 Å². The van der Waals surface area contributed by atoms with Crippen LogP contribution in [0.15, 0.2) is 18.2 Å². The van der Waals surface area contributed by atoms with Gasteiger partial charge in [-0.25, -0.2) is 0 Å². The molecule has 0 atom stereocenters. The lowest BCUT2D eigenvalue weighted by atomic mass is 10.2. The van der Waals surface area contributed by atoms with Gasteiger partial charge in [-0.3, -0.25) is 4.79 Å². The Morgan fingerprint density at radius 3 is 2.60 bits per heavy atom. The number of ether oxygens (including phenoxy) is 2. The van der Waals surface area contributed by atoms with Crippen LogP contribution in [-0.2, 0) is 0 Å². The first-order chi connectivity index (χ1) is 9.62. The monoisotopic (exact) mass is 277 g/mol. The molecule has 0 aliphatic carbocycles. The number of nitrogens with one attached hydrogen (secondary N) is 1. The lowest BCUT2D eigenvalue weighted by molar-refractivity contribution is 0.0959. The van der Waals surface area contributed by atoms with E-state index < -0.39 is 5.91 Å². The van der Waals surface area contributed by atoms with Crippen molar-refractivity contribution in [3.63, 3.8) is 0 Å². The lowest BCUT2D eigenvalue weighted by Gasteiger charge is -2.09. The van der Waals surface area contributed by atoms with Crippen molar-refractivity contribution < 1.29 is 14.3 Å². The third-order valence-electron chi connectivity index (χ3n) is 2.76. The summed E-state index contributed by atoms with van der Waals surface area (Å²) in [6, 6.07) is 5.15. The maximum atomic E-state index is 11.6. The van der Waals surface area contributed by atoms with E-state index in [1.807, 2.05) is 0 Å². The SMILES string of the molecule is CNC(=O)c1nnn(-c2ccc(OC)c(OC)c2)c1N. The number of methoxy groups -OCH3 is 2. The molecule has 0 bridgehead atoms. The molecule has 0 aliphatic rings. The van der Waals surface area contributed by atoms with E-state index >= 15 is 0 Å². The van der Waals surface area contributed by atoms with Crippen LogP contribution in [0.1, 0.15) is 10.5 Å². The van der Waals surface area contributed by atoms with E-state index in [9.17, 15) is 4.79 Å². The number of nitrogen functional groups attached to an aromatic ring is 1. The number of rotatable bonds is 4. The molecule has 0 unspecified atom stereocenters. The normalized spacial score (nSPS) is 10.2. The topological polar surface area (TPSA) is 104 Å². The molecule has 1 heterocycles. The Hall–Kier alpha value is -2.77. The Morgan fingerprint density at radius 2 is 2.00 bits per heavy atom. The summed E-state index contributed by atoms with van der Waals surface area (Å²) in [6.45, 7) is 0. The summed E-state index contributed by atoms with van der Waals surface area (Å²) in [6.07, 6.45) is 0. The van der Waals surface area contributed by atoms with Crippen LogP contribution in [-0.4, -0.2) is 42.2 Å². The highest BCUT2D eigenvalue weighted by Crippen LogP contribution is 2.29. The number of aromatic nitrogens is 3. The van der Waals surface area contributed by atoms with Crippen LogP contribution in [0.3, 0.4) is 0 Å². The molecular formula is C12H15N5O3. The number of nitrogens with zero attached hydrogens (tertiary/aromatic N) is 3. The van der Waals surface area contributed by atoms with E-state index in [-0.39, 0.29) is 11.5 Å². The minimum absolute atomic E-state index is 0.0716. The van der Waals surface area contributed by atoms with Crippen molar-refractivity contribution in [3.05, 3.63) is 23.9 Å². The fourth-order valence-electron chi connectivity index (χ4n) is 1.72. The average Bonchev–Trinajstić information content (AvgIpc) is 2.87. The van der Waals surface area contributed by atoms with E-state index in [1.54, 1.807) is 25.3 Å². The zero-order chi connectivity index (χ0) is 14.7. The Labute approximate surface area is 115 Å². The summed E-state index contributed by atoms with van der Waals surface area (Å²) in [5.74, 6) is 0.869. The van der Waals surface area contributed by atoms with Gasteiger partial charge in [0.2, 0.25) is 0 Å². The number of carbonyl (C=O) groups excluding carboxylic acids is 1. The Kier molecular flexibility index (Phi) is 3.74. The molecule has 8 heteroatoms. The van der Waals surface area contributed by atoms with E-state index in [1.165, 1.54) is 18.8 Å².